The zero-order valence-corrected chi connectivity index (χ0v) is 10.7. The van der Waals surface area contributed by atoms with Crippen molar-refractivity contribution in [1.82, 2.24) is 0 Å². The van der Waals surface area contributed by atoms with E-state index in [9.17, 15) is 4.21 Å². The van der Waals surface area contributed by atoms with E-state index in [2.05, 4.69) is 21.1 Å². The molecule has 0 rings (SSSR count). The van der Waals surface area contributed by atoms with Crippen LogP contribution in [0.1, 0.15) is 0 Å². The summed E-state index contributed by atoms with van der Waals surface area (Å²) < 4.78 is 10.1. The fourth-order valence-electron chi connectivity index (χ4n) is 0. The van der Waals surface area contributed by atoms with Crippen molar-refractivity contribution in [3.8, 4) is 0 Å². The second kappa shape index (κ2) is 5.71. The second-order valence-electron chi connectivity index (χ2n) is 2.94. The van der Waals surface area contributed by atoms with Gasteiger partial charge in [0.15, 0.2) is 0 Å². The third-order valence-electron chi connectivity index (χ3n) is 0. The maximum absolute atomic E-state index is 10.1. The van der Waals surface area contributed by atoms with Crippen LogP contribution in [0.4, 0.5) is 0 Å². The first-order valence-corrected chi connectivity index (χ1v) is 13.9. The van der Waals surface area contributed by atoms with E-state index >= 15 is 0 Å². The maximum atomic E-state index is 10.1. The van der Waals surface area contributed by atoms with Gasteiger partial charge in [-0.15, -0.1) is 10.5 Å². The van der Waals surface area contributed by atoms with Gasteiger partial charge < -0.3 is 0 Å². The minimum atomic E-state index is -1.67. The third kappa shape index (κ3) is 480. The summed E-state index contributed by atoms with van der Waals surface area (Å²) >= 11 is -0.543. The van der Waals surface area contributed by atoms with Gasteiger partial charge in [0, 0.05) is 0 Å². The Morgan fingerprint density at radius 1 is 1.22 bits per heavy atom. The fraction of sp³-hybridized carbons (Fsp3) is 0.833. The molecule has 0 aromatic carbocycles. The summed E-state index contributed by atoms with van der Waals surface area (Å²) in [7, 11) is -1.67. The van der Waals surface area contributed by atoms with E-state index in [-0.39, 0.29) is 0 Å². The van der Waals surface area contributed by atoms with Gasteiger partial charge in [0.2, 0.25) is 0 Å². The Labute approximate surface area is 67.4 Å². The Bertz CT molecular complexity index is 84.2. The predicted molar refractivity (Wildman–Crippen MR) is 48.6 cm³/mol. The first kappa shape index (κ1) is 12.6. The van der Waals surface area contributed by atoms with Gasteiger partial charge in [-0.25, -0.2) is 0 Å². The van der Waals surface area contributed by atoms with E-state index < -0.39 is 29.7 Å². The molecule has 0 atom stereocenters. The van der Waals surface area contributed by atoms with Crippen LogP contribution in [-0.2, 0) is 14.1 Å². The molecule has 0 aliphatic heterocycles. The van der Waals surface area contributed by atoms with Crippen molar-refractivity contribution >= 4 is 29.7 Å². The average Bonchev–Trinajstić information content (AvgIpc) is 1.19. The molecule has 1 nitrogen and oxygen atoms in total. The number of rotatable bonds is 0. The summed E-state index contributed by atoms with van der Waals surface area (Å²) in [4.78, 5) is 7.09. The summed E-state index contributed by atoms with van der Waals surface area (Å²) in [6.45, 7) is 0. The van der Waals surface area contributed by atoms with Crippen molar-refractivity contribution in [3.63, 3.8) is 0 Å². The molecule has 9 heavy (non-hydrogen) atoms. The van der Waals surface area contributed by atoms with Crippen LogP contribution in [0.3, 0.4) is 0 Å². The third-order valence-corrected chi connectivity index (χ3v) is 0. The Hall–Kier alpha value is 0.949. The van der Waals surface area contributed by atoms with Crippen LogP contribution in [0.2, 0.25) is 14.8 Å². The molecule has 0 spiro atoms. The van der Waals surface area contributed by atoms with E-state index in [0.29, 0.717) is 0 Å². The molecule has 0 heterocycles. The van der Waals surface area contributed by atoms with E-state index in [0.717, 1.165) is 0 Å². The van der Waals surface area contributed by atoms with Gasteiger partial charge in [-0.2, -0.15) is 0 Å². The molecule has 0 aromatic heterocycles. The predicted octanol–water partition coefficient (Wildman–Crippen LogP) is 1.91. The molecule has 0 amide bonds. The Morgan fingerprint density at radius 2 is 1.22 bits per heavy atom. The van der Waals surface area contributed by atoms with Gasteiger partial charge in [-0.3, -0.25) is 0 Å². The molecular formula is C6H17OSSn. The van der Waals surface area contributed by atoms with Crippen molar-refractivity contribution in [2.24, 2.45) is 0 Å². The molecule has 0 aromatic rings. The molecule has 3 heteroatoms. The van der Waals surface area contributed by atoms with Gasteiger partial charge in [-0.05, 0) is 0 Å². The number of hydrogen-bond acceptors (Lipinski definition) is 1. The van der Waals surface area contributed by atoms with Crippen LogP contribution in [-0.4, -0.2) is 32.3 Å². The summed E-state index contributed by atoms with van der Waals surface area (Å²) in [5, 5.41) is 0. The van der Waals surface area contributed by atoms with E-state index in [1.807, 2.05) is 0 Å². The average molecular weight is 256 g/mol. The van der Waals surface area contributed by atoms with Crippen molar-refractivity contribution in [2.45, 2.75) is 14.8 Å². The summed E-state index contributed by atoms with van der Waals surface area (Å²) in [6.07, 6.45) is 6.51. The molecular weight excluding hydrogens is 239 g/mol. The van der Waals surface area contributed by atoms with Crippen molar-refractivity contribution < 1.29 is 4.21 Å². The van der Waals surface area contributed by atoms with Gasteiger partial charge in [0.05, 0.1) is 12.5 Å². The van der Waals surface area contributed by atoms with Gasteiger partial charge in [0.25, 0.3) is 0 Å². The molecule has 1 radical (unpaired) electrons. The van der Waals surface area contributed by atoms with Gasteiger partial charge in [0.1, 0.15) is 0 Å². The normalized spacial score (nSPS) is 10.6. The SMILES string of the molecule is [CH2-][S+](C)(C)=O.[CH3][Sn]([CH3])[CH3]. The van der Waals surface area contributed by atoms with Gasteiger partial charge in [-0.1, -0.05) is 9.93 Å². The Morgan fingerprint density at radius 3 is 1.22 bits per heavy atom. The fourth-order valence-corrected chi connectivity index (χ4v) is 0. The molecule has 0 N–H and O–H groups in total. The summed E-state index contributed by atoms with van der Waals surface area (Å²) in [5.41, 5.74) is 0. The zero-order chi connectivity index (χ0) is 8.08. The van der Waals surface area contributed by atoms with Crippen molar-refractivity contribution in [2.75, 3.05) is 12.5 Å². The standard InChI is InChI=1S/C3H8OS.3CH3.Sn/c1-5(2,3)4;;;;/h1H2,2-3H3;3*1H3;. The monoisotopic (exact) mass is 257 g/mol. The minimum absolute atomic E-state index is 0.543. The molecule has 0 aliphatic rings. The molecule has 0 saturated heterocycles. The quantitative estimate of drug-likeness (QED) is 0.367. The van der Waals surface area contributed by atoms with Crippen LogP contribution in [0, 0.1) is 6.26 Å². The van der Waals surface area contributed by atoms with Crippen LogP contribution < -0.4 is 0 Å². The molecule has 0 bridgehead atoms. The Balaban J connectivity index is 0. The molecule has 57 valence electrons. The topological polar surface area (TPSA) is 17.1 Å². The summed E-state index contributed by atoms with van der Waals surface area (Å²) in [6, 6.07) is 0. The van der Waals surface area contributed by atoms with E-state index in [1.165, 1.54) is 0 Å². The second-order valence-corrected chi connectivity index (χ2v) is 14.4. The van der Waals surface area contributed by atoms with Crippen LogP contribution in [0.5, 0.6) is 0 Å². The van der Waals surface area contributed by atoms with Crippen molar-refractivity contribution in [3.05, 3.63) is 6.26 Å². The van der Waals surface area contributed by atoms with Gasteiger partial charge >= 0.3 is 34.6 Å². The summed E-state index contributed by atoms with van der Waals surface area (Å²) in [5.74, 6) is 0. The van der Waals surface area contributed by atoms with E-state index in [1.54, 1.807) is 12.5 Å². The molecule has 0 fully saturated rings. The van der Waals surface area contributed by atoms with Crippen LogP contribution in [0.15, 0.2) is 0 Å². The van der Waals surface area contributed by atoms with Crippen LogP contribution in [0.25, 0.3) is 0 Å². The van der Waals surface area contributed by atoms with Crippen LogP contribution >= 0.6 is 0 Å². The number of hydrogen-bond donors (Lipinski definition) is 0. The van der Waals surface area contributed by atoms with Crippen molar-refractivity contribution in [1.29, 1.82) is 0 Å². The molecule has 0 saturated carbocycles. The molecule has 0 aliphatic carbocycles. The zero-order valence-electron chi connectivity index (χ0n) is 7.02. The Kier molecular flexibility index (Phi) is 8.00. The van der Waals surface area contributed by atoms with E-state index in [4.69, 9.17) is 0 Å². The first-order chi connectivity index (χ1) is 3.73. The molecule has 0 unspecified atom stereocenters. The first-order valence-electron chi connectivity index (χ1n) is 2.77.